The van der Waals surface area contributed by atoms with E-state index in [2.05, 4.69) is 9.97 Å². The first-order valence-electron chi connectivity index (χ1n) is 7.87. The average Bonchev–Trinajstić information content (AvgIpc) is 3.06. The van der Waals surface area contributed by atoms with Crippen LogP contribution in [0.5, 0.6) is 0 Å². The normalized spacial score (nSPS) is 10.5. The zero-order chi connectivity index (χ0) is 17.2. The summed E-state index contributed by atoms with van der Waals surface area (Å²) in [6.07, 6.45) is 5.26. The van der Waals surface area contributed by atoms with Crippen LogP contribution in [0.1, 0.15) is 5.56 Å². The van der Waals surface area contributed by atoms with Crippen LogP contribution in [0.15, 0.2) is 73.3 Å². The Morgan fingerprint density at radius 1 is 1.04 bits per heavy atom. The molecular formula is C20H14LiN3O2. The average molecular weight is 335 g/mol. The summed E-state index contributed by atoms with van der Waals surface area (Å²) >= 11 is 0. The van der Waals surface area contributed by atoms with E-state index in [9.17, 15) is 9.90 Å². The fourth-order valence-electron chi connectivity index (χ4n) is 2.87. The molecule has 0 unspecified atom stereocenters. The van der Waals surface area contributed by atoms with Crippen molar-refractivity contribution in [1.82, 2.24) is 14.5 Å². The molecule has 122 valence electrons. The van der Waals surface area contributed by atoms with Gasteiger partial charge in [-0.1, -0.05) is 24.3 Å². The van der Waals surface area contributed by atoms with E-state index in [4.69, 9.17) is 0 Å². The Labute approximate surface area is 162 Å². The summed E-state index contributed by atoms with van der Waals surface area (Å²) in [5.41, 5.74) is 5.63. The first kappa shape index (κ1) is 17.9. The van der Waals surface area contributed by atoms with Crippen LogP contribution in [0.2, 0.25) is 0 Å². The van der Waals surface area contributed by atoms with Crippen molar-refractivity contribution in [2.45, 2.75) is 6.42 Å². The van der Waals surface area contributed by atoms with Crippen LogP contribution in [0.4, 0.5) is 0 Å². The van der Waals surface area contributed by atoms with E-state index in [1.807, 2.05) is 53.2 Å². The minimum atomic E-state index is -1.08. The third-order valence-electron chi connectivity index (χ3n) is 4.11. The van der Waals surface area contributed by atoms with Gasteiger partial charge in [-0.05, 0) is 41.5 Å². The van der Waals surface area contributed by atoms with E-state index in [0.29, 0.717) is 5.56 Å². The first-order valence-corrected chi connectivity index (χ1v) is 7.87. The maximum atomic E-state index is 10.7. The molecule has 6 heteroatoms. The molecule has 0 aliphatic rings. The number of rotatable bonds is 4. The molecule has 5 nitrogen and oxygen atoms in total. The number of fused-ring (bicyclic) bond motifs is 1. The Hall–Kier alpha value is -2.87. The predicted octanol–water partition coefficient (Wildman–Crippen LogP) is -0.616. The Morgan fingerprint density at radius 2 is 1.85 bits per heavy atom. The van der Waals surface area contributed by atoms with Crippen molar-refractivity contribution in [1.29, 1.82) is 0 Å². The molecule has 0 bridgehead atoms. The molecule has 0 fully saturated rings. The molecule has 0 aliphatic carbocycles. The van der Waals surface area contributed by atoms with Gasteiger partial charge in [-0.25, -0.2) is 4.98 Å². The second-order valence-corrected chi connectivity index (χ2v) is 5.77. The molecule has 0 amide bonds. The largest absolute Gasteiger partial charge is 1.00 e. The van der Waals surface area contributed by atoms with Gasteiger partial charge in [0.2, 0.25) is 0 Å². The first-order chi connectivity index (χ1) is 12.2. The monoisotopic (exact) mass is 335 g/mol. The SMILES string of the molecule is O=C([O-])Cc1ccc(-n2cnc3cc(-c4cccnc4)ccc32)cc1.[Li+]. The maximum absolute atomic E-state index is 10.7. The number of aromatic nitrogens is 3. The number of hydrogen-bond acceptors (Lipinski definition) is 4. The Balaban J connectivity index is 0.00000196. The number of imidazole rings is 1. The number of benzene rings is 2. The fraction of sp³-hybridized carbons (Fsp3) is 0.0500. The molecule has 4 aromatic rings. The summed E-state index contributed by atoms with van der Waals surface area (Å²) in [5.74, 6) is -1.08. The smallest absolute Gasteiger partial charge is 0.550 e. The van der Waals surface area contributed by atoms with Crippen molar-refractivity contribution in [3.05, 3.63) is 78.9 Å². The van der Waals surface area contributed by atoms with Crippen molar-refractivity contribution >= 4 is 17.0 Å². The number of hydrogen-bond donors (Lipinski definition) is 0. The van der Waals surface area contributed by atoms with Crippen LogP contribution >= 0.6 is 0 Å². The van der Waals surface area contributed by atoms with Crippen molar-refractivity contribution in [2.24, 2.45) is 0 Å². The number of carboxylic acid groups (broad SMARTS) is 1. The zero-order valence-corrected chi connectivity index (χ0v) is 14.3. The molecule has 0 aliphatic heterocycles. The van der Waals surface area contributed by atoms with E-state index in [1.54, 1.807) is 24.7 Å². The van der Waals surface area contributed by atoms with Gasteiger partial charge in [0.05, 0.1) is 11.0 Å². The third-order valence-corrected chi connectivity index (χ3v) is 4.11. The number of nitrogens with zero attached hydrogens (tertiary/aromatic N) is 3. The summed E-state index contributed by atoms with van der Waals surface area (Å²) in [7, 11) is 0. The van der Waals surface area contributed by atoms with Crippen molar-refractivity contribution in [3.8, 4) is 16.8 Å². The van der Waals surface area contributed by atoms with Crippen LogP contribution in [0, 0.1) is 0 Å². The number of aliphatic carboxylic acids is 1. The molecule has 2 aromatic heterocycles. The Morgan fingerprint density at radius 3 is 2.54 bits per heavy atom. The molecule has 0 radical (unpaired) electrons. The zero-order valence-electron chi connectivity index (χ0n) is 14.3. The van der Waals surface area contributed by atoms with Gasteiger partial charge in [0.25, 0.3) is 0 Å². The number of carbonyl (C=O) groups is 1. The van der Waals surface area contributed by atoms with Crippen molar-refractivity contribution in [3.63, 3.8) is 0 Å². The van der Waals surface area contributed by atoms with Gasteiger partial charge in [0.1, 0.15) is 6.33 Å². The van der Waals surface area contributed by atoms with Gasteiger partial charge in [0, 0.05) is 36.0 Å². The van der Waals surface area contributed by atoms with Gasteiger partial charge in [-0.15, -0.1) is 0 Å². The summed E-state index contributed by atoms with van der Waals surface area (Å²) in [6.45, 7) is 0. The maximum Gasteiger partial charge on any atom is 1.00 e. The number of carboxylic acids is 1. The predicted molar refractivity (Wildman–Crippen MR) is 93.0 cm³/mol. The van der Waals surface area contributed by atoms with Gasteiger partial charge >= 0.3 is 18.9 Å². The minimum absolute atomic E-state index is 0. The molecular weight excluding hydrogens is 321 g/mol. The summed E-state index contributed by atoms with van der Waals surface area (Å²) in [6, 6.07) is 17.4. The number of carbonyl (C=O) groups excluding carboxylic acids is 1. The molecule has 0 saturated heterocycles. The van der Waals surface area contributed by atoms with Crippen molar-refractivity contribution < 1.29 is 28.8 Å². The van der Waals surface area contributed by atoms with Crippen molar-refractivity contribution in [2.75, 3.05) is 0 Å². The molecule has 0 saturated carbocycles. The van der Waals surface area contributed by atoms with Gasteiger partial charge < -0.3 is 9.90 Å². The Kier molecular flexibility index (Phi) is 5.22. The van der Waals surface area contributed by atoms with E-state index in [0.717, 1.165) is 27.8 Å². The quantitative estimate of drug-likeness (QED) is 0.466. The van der Waals surface area contributed by atoms with Crippen LogP contribution in [0.25, 0.3) is 27.8 Å². The summed E-state index contributed by atoms with van der Waals surface area (Å²) < 4.78 is 1.98. The molecule has 26 heavy (non-hydrogen) atoms. The summed E-state index contributed by atoms with van der Waals surface area (Å²) in [4.78, 5) is 19.3. The van der Waals surface area contributed by atoms with Crippen LogP contribution in [0.3, 0.4) is 0 Å². The molecule has 0 atom stereocenters. The molecule has 0 spiro atoms. The van der Waals surface area contributed by atoms with E-state index >= 15 is 0 Å². The topological polar surface area (TPSA) is 70.8 Å². The van der Waals surface area contributed by atoms with Gasteiger partial charge in [-0.3, -0.25) is 9.55 Å². The van der Waals surface area contributed by atoms with E-state index in [1.165, 1.54) is 0 Å². The molecule has 4 rings (SSSR count). The fourth-order valence-corrected chi connectivity index (χ4v) is 2.87. The number of pyridine rings is 1. The second-order valence-electron chi connectivity index (χ2n) is 5.77. The summed E-state index contributed by atoms with van der Waals surface area (Å²) in [5, 5.41) is 10.7. The third kappa shape index (κ3) is 3.55. The van der Waals surface area contributed by atoms with E-state index in [-0.39, 0.29) is 25.3 Å². The standard InChI is InChI=1S/C20H15N3O2.Li/c24-20(25)10-14-3-6-17(7-4-14)23-13-22-18-11-15(5-8-19(18)23)16-2-1-9-21-12-16;/h1-9,11-13H,10H2,(H,24,25);/q;+1/p-1. The van der Waals surface area contributed by atoms with Crippen LogP contribution < -0.4 is 24.0 Å². The second kappa shape index (κ2) is 7.57. The molecule has 2 heterocycles. The van der Waals surface area contributed by atoms with Crippen LogP contribution in [-0.2, 0) is 11.2 Å². The van der Waals surface area contributed by atoms with Gasteiger partial charge in [0.15, 0.2) is 0 Å². The van der Waals surface area contributed by atoms with Gasteiger partial charge in [-0.2, -0.15) is 0 Å². The minimum Gasteiger partial charge on any atom is -0.550 e. The van der Waals surface area contributed by atoms with Crippen LogP contribution in [-0.4, -0.2) is 20.5 Å². The molecule has 2 aromatic carbocycles. The Bertz CT molecular complexity index is 1040. The molecule has 0 N–H and O–H groups in total. The van der Waals surface area contributed by atoms with E-state index < -0.39 is 5.97 Å².